The number of amides is 4. The van der Waals surface area contributed by atoms with E-state index in [0.717, 1.165) is 67.7 Å². The predicted octanol–water partition coefficient (Wildman–Crippen LogP) is 7.15. The third-order valence-corrected chi connectivity index (χ3v) is 9.75. The van der Waals surface area contributed by atoms with Crippen LogP contribution >= 0.6 is 11.3 Å². The SMILES string of the molecule is CCC(CC)NC(=O)Nc1ccc(Oc2cnc(NC(=O)[N+]3(C(C)C)C=C(CN4CCC(O)CC4)c4ccccc43)s2)c(COC)c1. The molecule has 3 heterocycles. The Hall–Kier alpha value is -3.81. The number of aliphatic hydroxyl groups excluding tert-OH is 1. The largest absolute Gasteiger partial charge is 0.445 e. The quantitative estimate of drug-likeness (QED) is 0.152. The molecule has 12 heteroatoms. The number of hydrogen-bond acceptors (Lipinski definition) is 8. The van der Waals surface area contributed by atoms with Crippen LogP contribution in [0.4, 0.5) is 26.1 Å². The number of thiazole rings is 1. The molecule has 0 aliphatic carbocycles. The average molecular weight is 664 g/mol. The van der Waals surface area contributed by atoms with Crippen LogP contribution in [0, 0.1) is 0 Å². The number of para-hydroxylation sites is 1. The van der Waals surface area contributed by atoms with Crippen molar-refractivity contribution in [2.45, 2.75) is 78.2 Å². The second-order valence-electron chi connectivity index (χ2n) is 12.4. The smallest absolute Gasteiger partial charge is 0.432 e. The van der Waals surface area contributed by atoms with Crippen LogP contribution in [0.25, 0.3) is 5.57 Å². The van der Waals surface area contributed by atoms with Crippen LogP contribution in [-0.2, 0) is 11.3 Å². The molecule has 2 aliphatic heterocycles. The topological polar surface area (TPSA) is 125 Å². The summed E-state index contributed by atoms with van der Waals surface area (Å²) in [5.41, 5.74) is 4.50. The van der Waals surface area contributed by atoms with Gasteiger partial charge < -0.3 is 25.2 Å². The molecule has 1 atom stereocenters. The predicted molar refractivity (Wildman–Crippen MR) is 188 cm³/mol. The Morgan fingerprint density at radius 3 is 2.55 bits per heavy atom. The zero-order chi connectivity index (χ0) is 33.6. The van der Waals surface area contributed by atoms with Crippen molar-refractivity contribution in [3.05, 3.63) is 66.0 Å². The zero-order valence-electron chi connectivity index (χ0n) is 27.9. The van der Waals surface area contributed by atoms with E-state index in [2.05, 4.69) is 51.9 Å². The molecule has 4 amide bonds. The van der Waals surface area contributed by atoms with Gasteiger partial charge in [-0.05, 0) is 63.8 Å². The van der Waals surface area contributed by atoms with E-state index in [-0.39, 0.29) is 41.3 Å². The van der Waals surface area contributed by atoms with Gasteiger partial charge in [0.2, 0.25) is 5.06 Å². The van der Waals surface area contributed by atoms with Gasteiger partial charge in [0.05, 0.1) is 18.9 Å². The maximum Gasteiger partial charge on any atom is 0.432 e. The number of aromatic nitrogens is 1. The Labute approximate surface area is 281 Å². The fraction of sp³-hybridized carbons (Fsp3) is 0.457. The minimum absolute atomic E-state index is 0.0228. The van der Waals surface area contributed by atoms with Gasteiger partial charge in [-0.15, -0.1) is 0 Å². The van der Waals surface area contributed by atoms with Crippen molar-refractivity contribution in [2.75, 3.05) is 37.4 Å². The molecule has 3 aromatic rings. The normalized spacial score (nSPS) is 18.3. The number of carbonyl (C=O) groups excluding carboxylic acids is 2. The number of hydrogen-bond donors (Lipinski definition) is 4. The lowest BCUT2D eigenvalue weighted by molar-refractivity contribution is 0.0889. The second-order valence-corrected chi connectivity index (χ2v) is 13.4. The summed E-state index contributed by atoms with van der Waals surface area (Å²) in [6.45, 7) is 10.8. The number of aliphatic hydroxyl groups is 1. The fourth-order valence-corrected chi connectivity index (χ4v) is 6.93. The van der Waals surface area contributed by atoms with Crippen molar-refractivity contribution in [3.8, 4) is 10.8 Å². The number of likely N-dealkylation sites (tertiary alicyclic amines) is 1. The molecular weight excluding hydrogens is 616 g/mol. The Morgan fingerprint density at radius 1 is 1.11 bits per heavy atom. The molecule has 0 radical (unpaired) electrons. The lowest BCUT2D eigenvalue weighted by Gasteiger charge is -2.32. The lowest BCUT2D eigenvalue weighted by atomic mass is 10.0. The highest BCUT2D eigenvalue weighted by Gasteiger charge is 2.48. The van der Waals surface area contributed by atoms with Crippen LogP contribution in [0.1, 0.15) is 64.5 Å². The number of fused-ring (bicyclic) bond motifs is 1. The number of ether oxygens (including phenoxy) is 2. The van der Waals surface area contributed by atoms with E-state index in [1.54, 1.807) is 25.4 Å². The minimum atomic E-state index is -0.255. The van der Waals surface area contributed by atoms with Crippen LogP contribution in [0.3, 0.4) is 0 Å². The summed E-state index contributed by atoms with van der Waals surface area (Å²) >= 11 is 1.24. The number of anilines is 2. The summed E-state index contributed by atoms with van der Waals surface area (Å²) in [4.78, 5) is 33.5. The first-order valence-electron chi connectivity index (χ1n) is 16.4. The summed E-state index contributed by atoms with van der Waals surface area (Å²) in [6.07, 6.45) is 6.68. The molecule has 5 rings (SSSR count). The molecule has 0 saturated carbocycles. The van der Waals surface area contributed by atoms with Gasteiger partial charge in [-0.25, -0.2) is 19.9 Å². The first-order chi connectivity index (χ1) is 22.7. The van der Waals surface area contributed by atoms with Crippen molar-refractivity contribution in [1.82, 2.24) is 19.7 Å². The highest BCUT2D eigenvalue weighted by atomic mass is 32.1. The van der Waals surface area contributed by atoms with Crippen molar-refractivity contribution < 1.29 is 24.2 Å². The first-order valence-corrected chi connectivity index (χ1v) is 17.2. The number of quaternary nitrogens is 1. The summed E-state index contributed by atoms with van der Waals surface area (Å²) in [5.74, 6) is 0.566. The van der Waals surface area contributed by atoms with Crippen LogP contribution in [0.15, 0.2) is 54.9 Å². The first kappa shape index (κ1) is 34.5. The molecule has 2 aliphatic rings. The van der Waals surface area contributed by atoms with Gasteiger partial charge in [0.15, 0.2) is 10.8 Å². The molecule has 0 spiro atoms. The number of nitrogens with zero attached hydrogens (tertiary/aromatic N) is 3. The number of benzene rings is 2. The number of carbonyl (C=O) groups is 2. The number of piperidine rings is 1. The van der Waals surface area contributed by atoms with E-state index in [1.807, 2.05) is 38.1 Å². The van der Waals surface area contributed by atoms with Gasteiger partial charge in [0.1, 0.15) is 18.0 Å². The third-order valence-electron chi connectivity index (χ3n) is 8.96. The minimum Gasteiger partial charge on any atom is -0.445 e. The van der Waals surface area contributed by atoms with E-state index < -0.39 is 0 Å². The summed E-state index contributed by atoms with van der Waals surface area (Å²) in [7, 11) is 1.60. The van der Waals surface area contributed by atoms with Crippen LogP contribution < -0.4 is 25.2 Å². The van der Waals surface area contributed by atoms with Gasteiger partial charge in [-0.3, -0.25) is 4.90 Å². The molecule has 4 N–H and O–H groups in total. The Balaban J connectivity index is 1.31. The number of urea groups is 2. The van der Waals surface area contributed by atoms with Crippen molar-refractivity contribution in [1.29, 1.82) is 0 Å². The van der Waals surface area contributed by atoms with Crippen molar-refractivity contribution >= 4 is 45.5 Å². The molecule has 11 nitrogen and oxygen atoms in total. The van der Waals surface area contributed by atoms with Crippen molar-refractivity contribution in [3.63, 3.8) is 0 Å². The molecule has 1 unspecified atom stereocenters. The monoisotopic (exact) mass is 663 g/mol. The van der Waals surface area contributed by atoms with Gasteiger partial charge in [-0.2, -0.15) is 4.48 Å². The Kier molecular flexibility index (Phi) is 11.3. The van der Waals surface area contributed by atoms with E-state index in [4.69, 9.17) is 9.47 Å². The molecule has 47 heavy (non-hydrogen) atoms. The van der Waals surface area contributed by atoms with Crippen LogP contribution in [0.2, 0.25) is 0 Å². The zero-order valence-corrected chi connectivity index (χ0v) is 28.7. The van der Waals surface area contributed by atoms with Crippen molar-refractivity contribution in [2.24, 2.45) is 0 Å². The van der Waals surface area contributed by atoms with E-state index in [9.17, 15) is 14.7 Å². The third kappa shape index (κ3) is 7.85. The van der Waals surface area contributed by atoms with E-state index >= 15 is 0 Å². The number of rotatable bonds is 12. The Morgan fingerprint density at radius 2 is 1.85 bits per heavy atom. The molecule has 0 bridgehead atoms. The van der Waals surface area contributed by atoms with Crippen LogP contribution in [-0.4, -0.2) is 72.0 Å². The summed E-state index contributed by atoms with van der Waals surface area (Å²) in [6, 6.07) is 13.1. The molecule has 1 fully saturated rings. The highest BCUT2D eigenvalue weighted by Crippen LogP contribution is 2.44. The van der Waals surface area contributed by atoms with Gasteiger partial charge in [0, 0.05) is 61.2 Å². The van der Waals surface area contributed by atoms with E-state index in [0.29, 0.717) is 21.6 Å². The van der Waals surface area contributed by atoms with Gasteiger partial charge >= 0.3 is 12.1 Å². The molecule has 1 aromatic heterocycles. The standard InChI is InChI=1S/C35H46N6O5S/c1-6-26(7-2)37-33(43)38-27-12-13-31(24(18-27)22-45-5)46-32-19-36-34(47-32)39-35(44)41(23(3)4)21-25(29-10-8-9-11-30(29)41)20-40-16-14-28(42)15-17-40/h8-13,18-19,21,23,26,28,42H,6-7,14-17,20,22H2,1-5H3,(H2-,36,37,38,39,43,44)/p+1. The maximum atomic E-state index is 14.2. The van der Waals surface area contributed by atoms with Gasteiger partial charge in [-0.1, -0.05) is 37.3 Å². The van der Waals surface area contributed by atoms with E-state index in [1.165, 1.54) is 11.3 Å². The number of methoxy groups -OCH3 is 1. The number of nitrogens with one attached hydrogen (secondary N) is 3. The fourth-order valence-electron chi connectivity index (χ4n) is 6.25. The second kappa shape index (κ2) is 15.4. The molecule has 252 valence electrons. The molecule has 2 aromatic carbocycles. The summed E-state index contributed by atoms with van der Waals surface area (Å²) < 4.78 is 11.6. The summed E-state index contributed by atoms with van der Waals surface area (Å²) in [5, 5.41) is 19.9. The van der Waals surface area contributed by atoms with Crippen LogP contribution in [0.5, 0.6) is 10.8 Å². The Bertz CT molecular complexity index is 1580. The maximum absolute atomic E-state index is 14.2. The molecular formula is C35H47N6O5S+. The molecule has 1 saturated heterocycles. The average Bonchev–Trinajstić information content (AvgIpc) is 3.64. The lowest BCUT2D eigenvalue weighted by Crippen LogP contribution is -2.55. The van der Waals surface area contributed by atoms with Gasteiger partial charge in [0.25, 0.3) is 0 Å². The highest BCUT2D eigenvalue weighted by molar-refractivity contribution is 7.17.